The molecule has 0 radical (unpaired) electrons. The van der Waals surface area contributed by atoms with Crippen molar-refractivity contribution in [3.63, 3.8) is 0 Å². The van der Waals surface area contributed by atoms with Gasteiger partial charge in [0, 0.05) is 25.4 Å². The number of hydrogen-bond acceptors (Lipinski definition) is 5. The van der Waals surface area contributed by atoms with Crippen molar-refractivity contribution in [2.24, 2.45) is 11.7 Å². The van der Waals surface area contributed by atoms with Crippen molar-refractivity contribution < 1.29 is 9.90 Å². The topological polar surface area (TPSA) is 145 Å². The summed E-state index contributed by atoms with van der Waals surface area (Å²) < 4.78 is 0. The second kappa shape index (κ2) is 10.4. The molecule has 1 aromatic carbocycles. The summed E-state index contributed by atoms with van der Waals surface area (Å²) in [6.45, 7) is 5.85. The molecule has 2 aromatic rings. The molecule has 2 heterocycles. The van der Waals surface area contributed by atoms with Crippen LogP contribution in [-0.2, 0) is 11.2 Å². The van der Waals surface area contributed by atoms with E-state index in [2.05, 4.69) is 51.8 Å². The number of carboxylic acid groups (broad SMARTS) is 1. The number of hydrogen-bond donors (Lipinski definition) is 4. The van der Waals surface area contributed by atoms with Gasteiger partial charge in [0.05, 0.1) is 5.92 Å². The van der Waals surface area contributed by atoms with Gasteiger partial charge in [-0.2, -0.15) is 5.21 Å². The van der Waals surface area contributed by atoms with Gasteiger partial charge in [-0.25, -0.2) is 0 Å². The van der Waals surface area contributed by atoms with Gasteiger partial charge in [0.2, 0.25) is 0 Å². The summed E-state index contributed by atoms with van der Waals surface area (Å²) in [7, 11) is 0. The van der Waals surface area contributed by atoms with E-state index in [4.69, 9.17) is 16.2 Å². The molecule has 1 aromatic heterocycles. The van der Waals surface area contributed by atoms with Crippen molar-refractivity contribution in [3.05, 3.63) is 41.2 Å². The molecule has 1 aliphatic heterocycles. The number of aliphatic carboxylic acids is 1. The first-order valence-electron chi connectivity index (χ1n) is 9.51. The van der Waals surface area contributed by atoms with Crippen LogP contribution >= 0.6 is 0 Å². The highest BCUT2D eigenvalue weighted by molar-refractivity contribution is 5.75. The standard InChI is InChI=1S/C12H17N3.C7H12N4O2/c1-9-2-4-10(5-3-9)11-6-7-15(8-11)12(13)14;1-2-3-5(7(12)13)4-6-8-10-11-9-6/h2-5,11H,6-8H2,1H3,(H3,13,14);5H,2-4H2,1H3,(H,12,13)(H,8,9,10,11). The Balaban J connectivity index is 0.000000203. The Bertz CT molecular complexity index is 746. The summed E-state index contributed by atoms with van der Waals surface area (Å²) in [5, 5.41) is 29.3. The quantitative estimate of drug-likeness (QED) is 0.437. The monoisotopic (exact) mass is 387 g/mol. The van der Waals surface area contributed by atoms with E-state index in [1.807, 2.05) is 11.8 Å². The number of nitrogens with two attached hydrogens (primary N) is 1. The molecule has 152 valence electrons. The van der Waals surface area contributed by atoms with E-state index < -0.39 is 11.9 Å². The number of aromatic nitrogens is 4. The summed E-state index contributed by atoms with van der Waals surface area (Å²) >= 11 is 0. The van der Waals surface area contributed by atoms with Crippen LogP contribution < -0.4 is 5.73 Å². The van der Waals surface area contributed by atoms with Crippen LogP contribution in [0.2, 0.25) is 0 Å². The van der Waals surface area contributed by atoms with Crippen molar-refractivity contribution in [3.8, 4) is 0 Å². The Morgan fingerprint density at radius 1 is 1.43 bits per heavy atom. The van der Waals surface area contributed by atoms with Crippen molar-refractivity contribution in [2.75, 3.05) is 13.1 Å². The zero-order chi connectivity index (χ0) is 20.5. The number of tetrazole rings is 1. The average molecular weight is 387 g/mol. The smallest absolute Gasteiger partial charge is 0.306 e. The largest absolute Gasteiger partial charge is 0.481 e. The summed E-state index contributed by atoms with van der Waals surface area (Å²) in [5.41, 5.74) is 8.13. The van der Waals surface area contributed by atoms with Crippen LogP contribution in [0.3, 0.4) is 0 Å². The van der Waals surface area contributed by atoms with Crippen LogP contribution in [0.1, 0.15) is 49.1 Å². The van der Waals surface area contributed by atoms with E-state index in [1.54, 1.807) is 0 Å². The number of H-pyrrole nitrogens is 1. The molecule has 1 fully saturated rings. The number of likely N-dealkylation sites (tertiary alicyclic amines) is 1. The van der Waals surface area contributed by atoms with Gasteiger partial charge in [-0.15, -0.1) is 10.2 Å². The van der Waals surface area contributed by atoms with E-state index >= 15 is 0 Å². The summed E-state index contributed by atoms with van der Waals surface area (Å²) in [6.07, 6.45) is 2.93. The lowest BCUT2D eigenvalue weighted by molar-refractivity contribution is -0.142. The van der Waals surface area contributed by atoms with E-state index in [1.165, 1.54) is 11.1 Å². The van der Waals surface area contributed by atoms with E-state index in [-0.39, 0.29) is 5.96 Å². The predicted octanol–water partition coefficient (Wildman–Crippen LogP) is 1.92. The second-order valence-electron chi connectivity index (χ2n) is 7.08. The number of nitrogens with one attached hydrogen (secondary N) is 2. The first kappa shape index (κ1) is 21.3. The van der Waals surface area contributed by atoms with Crippen molar-refractivity contribution in [2.45, 2.75) is 45.4 Å². The minimum Gasteiger partial charge on any atom is -0.481 e. The van der Waals surface area contributed by atoms with Crippen molar-refractivity contribution in [1.29, 1.82) is 5.41 Å². The maximum atomic E-state index is 10.7. The fourth-order valence-corrected chi connectivity index (χ4v) is 3.24. The number of aryl methyl sites for hydroxylation is 1. The van der Waals surface area contributed by atoms with Gasteiger partial charge in [-0.05, 0) is 25.3 Å². The molecule has 28 heavy (non-hydrogen) atoms. The Morgan fingerprint density at radius 2 is 2.14 bits per heavy atom. The van der Waals surface area contributed by atoms with E-state index in [9.17, 15) is 4.79 Å². The van der Waals surface area contributed by atoms with Crippen LogP contribution in [0.25, 0.3) is 0 Å². The highest BCUT2D eigenvalue weighted by Crippen LogP contribution is 2.26. The van der Waals surface area contributed by atoms with Crippen LogP contribution in [-0.4, -0.2) is 55.6 Å². The minimum atomic E-state index is -0.799. The lowest BCUT2D eigenvalue weighted by Crippen LogP contribution is -2.34. The van der Waals surface area contributed by atoms with Crippen LogP contribution in [0.5, 0.6) is 0 Å². The number of rotatable bonds is 6. The van der Waals surface area contributed by atoms with E-state index in [0.29, 0.717) is 24.6 Å². The van der Waals surface area contributed by atoms with Crippen LogP contribution in [0.15, 0.2) is 24.3 Å². The molecule has 0 spiro atoms. The van der Waals surface area contributed by atoms with Gasteiger partial charge < -0.3 is 15.7 Å². The Hall–Kier alpha value is -2.97. The molecule has 0 bridgehead atoms. The zero-order valence-electron chi connectivity index (χ0n) is 16.4. The lowest BCUT2D eigenvalue weighted by Gasteiger charge is -2.15. The van der Waals surface area contributed by atoms with E-state index in [0.717, 1.165) is 25.9 Å². The van der Waals surface area contributed by atoms with Gasteiger partial charge in [0.1, 0.15) is 0 Å². The molecule has 9 heteroatoms. The highest BCUT2D eigenvalue weighted by atomic mass is 16.4. The van der Waals surface area contributed by atoms with Gasteiger partial charge in [0.25, 0.3) is 0 Å². The van der Waals surface area contributed by atoms with Crippen LogP contribution in [0.4, 0.5) is 0 Å². The average Bonchev–Trinajstić information content (AvgIpc) is 3.34. The maximum absolute atomic E-state index is 10.7. The first-order valence-corrected chi connectivity index (χ1v) is 9.51. The molecular formula is C19H29N7O2. The normalized spacial score (nSPS) is 16.9. The third-order valence-corrected chi connectivity index (χ3v) is 4.88. The second-order valence-corrected chi connectivity index (χ2v) is 7.08. The highest BCUT2D eigenvalue weighted by Gasteiger charge is 2.24. The number of guanidine groups is 1. The van der Waals surface area contributed by atoms with Gasteiger partial charge in [-0.3, -0.25) is 10.2 Å². The van der Waals surface area contributed by atoms with Gasteiger partial charge in [-0.1, -0.05) is 48.4 Å². The molecule has 0 aliphatic carbocycles. The minimum absolute atomic E-state index is 0.199. The molecule has 1 aliphatic rings. The molecule has 9 nitrogen and oxygen atoms in total. The number of carbonyl (C=O) groups is 1. The SMILES string of the molecule is CCCC(Cc1nn[nH]n1)C(=O)O.Cc1ccc(C2CCN(C(=N)N)C2)cc1. The predicted molar refractivity (Wildman–Crippen MR) is 106 cm³/mol. The first-order chi connectivity index (χ1) is 13.4. The Labute approximate surface area is 164 Å². The number of carboxylic acids is 1. The van der Waals surface area contributed by atoms with Gasteiger partial charge >= 0.3 is 5.97 Å². The number of nitrogens with zero attached hydrogens (tertiary/aromatic N) is 4. The maximum Gasteiger partial charge on any atom is 0.306 e. The molecular weight excluding hydrogens is 358 g/mol. The molecule has 0 saturated carbocycles. The number of benzene rings is 1. The molecule has 5 N–H and O–H groups in total. The van der Waals surface area contributed by atoms with Crippen LogP contribution in [0, 0.1) is 18.3 Å². The Kier molecular flexibility index (Phi) is 7.91. The zero-order valence-corrected chi connectivity index (χ0v) is 16.4. The van der Waals surface area contributed by atoms with Crippen molar-refractivity contribution in [1.82, 2.24) is 25.5 Å². The Morgan fingerprint density at radius 3 is 2.64 bits per heavy atom. The summed E-state index contributed by atoms with van der Waals surface area (Å²) in [4.78, 5) is 12.7. The third kappa shape index (κ3) is 6.33. The molecule has 2 unspecified atom stereocenters. The fourth-order valence-electron chi connectivity index (χ4n) is 3.24. The molecule has 0 amide bonds. The fraction of sp³-hybridized carbons (Fsp3) is 0.526. The lowest BCUT2D eigenvalue weighted by atomic mass is 9.98. The molecule has 2 atom stereocenters. The number of aromatic amines is 1. The van der Waals surface area contributed by atoms with Crippen molar-refractivity contribution >= 4 is 11.9 Å². The molecule has 3 rings (SSSR count). The summed E-state index contributed by atoms with van der Waals surface area (Å²) in [6, 6.07) is 8.66. The third-order valence-electron chi connectivity index (χ3n) is 4.88. The van der Waals surface area contributed by atoms with Gasteiger partial charge in [0.15, 0.2) is 11.8 Å². The summed E-state index contributed by atoms with van der Waals surface area (Å²) in [5.74, 6) is -0.00536. The molecule has 1 saturated heterocycles.